The zero-order valence-electron chi connectivity index (χ0n) is 35.4. The number of hydrogen-bond acceptors (Lipinski definition) is 13. The van der Waals surface area contributed by atoms with Crippen LogP contribution in [0, 0.1) is 23.3 Å². The van der Waals surface area contributed by atoms with Crippen LogP contribution in [0.2, 0.25) is 5.15 Å². The number of hydrogen-bond donors (Lipinski definition) is 1. The summed E-state index contributed by atoms with van der Waals surface area (Å²) in [6, 6.07) is 6.45. The Labute approximate surface area is 382 Å². The van der Waals surface area contributed by atoms with Gasteiger partial charge >= 0.3 is 0 Å². The lowest BCUT2D eigenvalue weighted by Gasteiger charge is -2.30. The van der Waals surface area contributed by atoms with E-state index in [1.54, 1.807) is 56.5 Å². The Morgan fingerprint density at radius 1 is 0.662 bits per heavy atom. The Morgan fingerprint density at radius 3 is 1.68 bits per heavy atom. The summed E-state index contributed by atoms with van der Waals surface area (Å²) in [7, 11) is 0. The molecule has 2 aliphatic rings. The molecule has 6 aromatic rings. The molecule has 8 rings (SSSR count). The Kier molecular flexibility index (Phi) is 18.5. The molecular formula is C46H42Cl2F4N10O3. The highest BCUT2D eigenvalue weighted by Gasteiger charge is 2.22. The van der Waals surface area contributed by atoms with Crippen LogP contribution in [0.5, 0.6) is 0 Å². The van der Waals surface area contributed by atoms with E-state index in [2.05, 4.69) is 63.9 Å². The van der Waals surface area contributed by atoms with E-state index in [0.717, 1.165) is 85.6 Å². The fraction of sp³-hybridized carbons (Fsp3) is 0.239. The molecule has 0 saturated carbocycles. The number of carbonyl (C=O) groups excluding carboxylic acids is 3. The second-order valence-corrected chi connectivity index (χ2v) is 15.2. The standard InChI is InChI=1S/C22H19F2N5O.C13H17N3O.C7H3ClF2O.C4H3ClN2/c1-14-5-8-29(21-12-25-6-7-26-21)13-16(14)19-11-27-15(10-28-19)9-20(30)22-17(23)3-2-4-18(22)24;1-9-3-4-14-7-12(9)13-8-15-11(6-16-13)5-10(2)17;8-7(11)6-4(9)2-1-3-5(6)10;5-4-3-6-1-2-7-4/h2-4,6-7,10-12H,5,8-9,13H2,1H3;6,8,14H,3-5,7H2,1-2H3;1-3H;1-3H. The van der Waals surface area contributed by atoms with Crippen LogP contribution in [0.1, 0.15) is 77.1 Å². The van der Waals surface area contributed by atoms with Crippen molar-refractivity contribution in [2.45, 2.75) is 46.5 Å². The molecule has 0 spiro atoms. The minimum absolute atomic E-state index is 0.113. The van der Waals surface area contributed by atoms with Crippen molar-refractivity contribution in [1.82, 2.24) is 45.2 Å². The monoisotopic (exact) mass is 928 g/mol. The number of carbonyl (C=O) groups is 3. The van der Waals surface area contributed by atoms with Crippen LogP contribution >= 0.6 is 23.2 Å². The normalized spacial score (nSPS) is 13.3. The Hall–Kier alpha value is -6.69. The van der Waals surface area contributed by atoms with Crippen molar-refractivity contribution in [2.75, 3.05) is 31.1 Å². The van der Waals surface area contributed by atoms with E-state index in [0.29, 0.717) is 29.5 Å². The number of Topliss-reactive ketones (excluding diaryl/α,β-unsaturated/α-hetero) is 2. The highest BCUT2D eigenvalue weighted by atomic mass is 35.5. The van der Waals surface area contributed by atoms with E-state index >= 15 is 0 Å². The van der Waals surface area contributed by atoms with Crippen molar-refractivity contribution in [3.63, 3.8) is 0 Å². The van der Waals surface area contributed by atoms with Gasteiger partial charge in [-0.1, -0.05) is 34.9 Å². The van der Waals surface area contributed by atoms with Gasteiger partial charge in [-0.15, -0.1) is 0 Å². The first kappa shape index (κ1) is 49.3. The molecular weight excluding hydrogens is 887 g/mol. The third-order valence-corrected chi connectivity index (χ3v) is 10.1. The van der Waals surface area contributed by atoms with Gasteiger partial charge in [0.2, 0.25) is 0 Å². The first-order chi connectivity index (χ1) is 31.2. The fourth-order valence-corrected chi connectivity index (χ4v) is 6.64. The van der Waals surface area contributed by atoms with Gasteiger partial charge in [-0.3, -0.25) is 44.3 Å². The number of rotatable bonds is 9. The van der Waals surface area contributed by atoms with Crippen LogP contribution in [-0.4, -0.2) is 82.9 Å². The summed E-state index contributed by atoms with van der Waals surface area (Å²) in [5, 5.41) is 2.64. The van der Waals surface area contributed by atoms with E-state index < -0.39 is 45.4 Å². The number of aromatic nitrogens is 8. The first-order valence-corrected chi connectivity index (χ1v) is 20.7. The lowest BCUT2D eigenvalue weighted by atomic mass is 9.99. The number of benzene rings is 2. The third-order valence-electron chi connectivity index (χ3n) is 9.72. The summed E-state index contributed by atoms with van der Waals surface area (Å²) in [5.41, 5.74) is 6.32. The van der Waals surface area contributed by atoms with Crippen molar-refractivity contribution in [1.29, 1.82) is 0 Å². The summed E-state index contributed by atoms with van der Waals surface area (Å²) >= 11 is 10.3. The van der Waals surface area contributed by atoms with Crippen LogP contribution in [0.25, 0.3) is 11.1 Å². The smallest absolute Gasteiger partial charge is 0.258 e. The molecule has 0 radical (unpaired) electrons. The summed E-state index contributed by atoms with van der Waals surface area (Å²) in [6.45, 7) is 9.11. The van der Waals surface area contributed by atoms with Gasteiger partial charge in [-0.25, -0.2) is 27.5 Å². The molecule has 336 valence electrons. The fourth-order valence-electron chi connectivity index (χ4n) is 6.35. The van der Waals surface area contributed by atoms with Gasteiger partial charge in [-0.2, -0.15) is 0 Å². The first-order valence-electron chi connectivity index (χ1n) is 19.9. The molecule has 0 saturated heterocycles. The molecule has 19 heteroatoms. The van der Waals surface area contributed by atoms with Gasteiger partial charge in [0.1, 0.15) is 45.6 Å². The van der Waals surface area contributed by atoms with E-state index in [4.69, 9.17) is 23.2 Å². The molecule has 2 aliphatic heterocycles. The molecule has 0 aliphatic carbocycles. The predicted octanol–water partition coefficient (Wildman–Crippen LogP) is 8.50. The second-order valence-electron chi connectivity index (χ2n) is 14.4. The molecule has 13 nitrogen and oxygen atoms in total. The number of halogens is 6. The van der Waals surface area contributed by atoms with E-state index in [1.807, 2.05) is 0 Å². The second kappa shape index (κ2) is 24.4. The Bertz CT molecular complexity index is 2600. The zero-order valence-corrected chi connectivity index (χ0v) is 36.9. The minimum Gasteiger partial charge on any atom is -0.351 e. The van der Waals surface area contributed by atoms with Crippen LogP contribution in [0.15, 0.2) is 110 Å². The number of nitrogens with zero attached hydrogens (tertiary/aromatic N) is 9. The minimum atomic E-state index is -1.12. The zero-order chi connectivity index (χ0) is 46.9. The molecule has 0 amide bonds. The maximum Gasteiger partial charge on any atom is 0.258 e. The highest BCUT2D eigenvalue weighted by Crippen LogP contribution is 2.27. The molecule has 4 aromatic heterocycles. The third kappa shape index (κ3) is 14.7. The molecule has 0 unspecified atom stereocenters. The lowest BCUT2D eigenvalue weighted by Crippen LogP contribution is -2.31. The van der Waals surface area contributed by atoms with Gasteiger partial charge in [0, 0.05) is 63.2 Å². The van der Waals surface area contributed by atoms with Crippen LogP contribution < -0.4 is 10.2 Å². The van der Waals surface area contributed by atoms with Crippen molar-refractivity contribution in [3.8, 4) is 0 Å². The van der Waals surface area contributed by atoms with Crippen LogP contribution in [0.4, 0.5) is 23.4 Å². The molecule has 0 bridgehead atoms. The SMILES string of the molecule is CC(=O)Cc1cnc(C2=C(C)CCNC2)cn1.CC1=C(c2cnc(CC(=O)c3c(F)cccc3F)cn2)CN(c2cnccn2)CC1.Clc1cnccn1.O=C(Cl)c1c(F)cccc1F. The largest absolute Gasteiger partial charge is 0.351 e. The molecule has 0 fully saturated rings. The van der Waals surface area contributed by atoms with Crippen LogP contribution in [-0.2, 0) is 17.6 Å². The Morgan fingerprint density at radius 2 is 1.22 bits per heavy atom. The van der Waals surface area contributed by atoms with Gasteiger partial charge in [0.05, 0.1) is 59.5 Å². The number of nitrogens with one attached hydrogen (secondary N) is 1. The van der Waals surface area contributed by atoms with Crippen molar-refractivity contribution < 1.29 is 31.9 Å². The molecule has 1 N–H and O–H groups in total. The van der Waals surface area contributed by atoms with Gasteiger partial charge in [0.25, 0.3) is 5.24 Å². The van der Waals surface area contributed by atoms with E-state index in [9.17, 15) is 31.9 Å². The van der Waals surface area contributed by atoms with Crippen LogP contribution in [0.3, 0.4) is 0 Å². The predicted molar refractivity (Wildman–Crippen MR) is 238 cm³/mol. The van der Waals surface area contributed by atoms with Gasteiger partial charge in [-0.05, 0) is 87.2 Å². The summed E-state index contributed by atoms with van der Waals surface area (Å²) < 4.78 is 52.7. The van der Waals surface area contributed by atoms with Crippen molar-refractivity contribution in [2.24, 2.45) is 0 Å². The average molecular weight is 930 g/mol. The topological polar surface area (TPSA) is 170 Å². The Balaban J connectivity index is 0.000000189. The number of ketones is 2. The number of anilines is 1. The summed E-state index contributed by atoms with van der Waals surface area (Å²) in [4.78, 5) is 69.0. The maximum atomic E-state index is 13.8. The molecule has 65 heavy (non-hydrogen) atoms. The summed E-state index contributed by atoms with van der Waals surface area (Å²) in [6.07, 6.45) is 18.2. The van der Waals surface area contributed by atoms with Gasteiger partial charge < -0.3 is 10.2 Å². The van der Waals surface area contributed by atoms with E-state index in [-0.39, 0.29) is 12.2 Å². The molecule has 2 aromatic carbocycles. The van der Waals surface area contributed by atoms with Gasteiger partial charge in [0.15, 0.2) is 5.78 Å². The maximum absolute atomic E-state index is 13.8. The van der Waals surface area contributed by atoms with Crippen molar-refractivity contribution in [3.05, 3.63) is 172 Å². The van der Waals surface area contributed by atoms with Crippen molar-refractivity contribution >= 4 is 57.0 Å². The summed E-state index contributed by atoms with van der Waals surface area (Å²) in [5.74, 6) is -3.40. The quantitative estimate of drug-likeness (QED) is 0.0833. The molecule has 6 heterocycles. The molecule has 0 atom stereocenters. The average Bonchev–Trinajstić information content (AvgIpc) is 3.28. The highest BCUT2D eigenvalue weighted by molar-refractivity contribution is 6.67. The van der Waals surface area contributed by atoms with E-state index in [1.165, 1.54) is 35.2 Å². The lowest BCUT2D eigenvalue weighted by molar-refractivity contribution is -0.116.